The van der Waals surface area contributed by atoms with Gasteiger partial charge in [0.25, 0.3) is 29.7 Å². The van der Waals surface area contributed by atoms with E-state index in [9.17, 15) is 53.4 Å². The summed E-state index contributed by atoms with van der Waals surface area (Å²) < 4.78 is 67.2. The first-order chi connectivity index (χ1) is 22.4. The minimum absolute atomic E-state index is 0. The predicted molar refractivity (Wildman–Crippen MR) is 145 cm³/mol. The molecule has 3 aromatic heterocycles. The second-order valence-electron chi connectivity index (χ2n) is 10.4. The van der Waals surface area contributed by atoms with Crippen LogP contribution < -0.4 is 84.1 Å². The van der Waals surface area contributed by atoms with Gasteiger partial charge in [0.05, 0.1) is 25.1 Å². The van der Waals surface area contributed by atoms with Crippen LogP contribution in [0.4, 0.5) is 5.82 Å². The maximum Gasteiger partial charge on any atom is 1.00 e. The number of Topliss-reactive ketones (excluding diaryl/α,β-unsaturated/α-hetero) is 1. The summed E-state index contributed by atoms with van der Waals surface area (Å²) >= 11 is 0. The monoisotopic (exact) mass is 786 g/mol. The third-order valence-electron chi connectivity index (χ3n) is 7.08. The number of carbonyl (C=O) groups excluding carboxylic acids is 1. The number of aliphatic hydroxyl groups is 3. The molecule has 28 heteroatoms. The van der Waals surface area contributed by atoms with Gasteiger partial charge in [-0.15, -0.1) is 0 Å². The zero-order valence-electron chi connectivity index (χ0n) is 26.2. The van der Waals surface area contributed by atoms with Gasteiger partial charge in [-0.25, -0.2) is 19.3 Å². The molecular weight excluding hydrogens is 759 g/mol. The Bertz CT molecular complexity index is 1820. The SMILES string of the molecule is CC(=O)c1ccc[n+]([C@@H]2O[C@H](COP(=O)([O-])OP(=O)([O-])OC[C@H]3O[C@@H](n4cnc5c(N)ncnc54)[C@H](O)[C@@H]3OP(=O)([O-])O)[C@@H](O)[C@H]2O)c1.[Na+].[Na+]. The van der Waals surface area contributed by atoms with E-state index in [-0.39, 0.29) is 87.4 Å². The number of carbonyl (C=O) groups is 1. The van der Waals surface area contributed by atoms with Gasteiger partial charge in [0, 0.05) is 6.07 Å². The molecule has 0 aliphatic carbocycles. The average Bonchev–Trinajstić information content (AvgIpc) is 3.64. The van der Waals surface area contributed by atoms with Crippen LogP contribution in [-0.2, 0) is 41.1 Å². The summed E-state index contributed by atoms with van der Waals surface area (Å²) in [6.07, 6.45) is -8.64. The minimum atomic E-state index is -5.88. The third kappa shape index (κ3) is 10.3. The van der Waals surface area contributed by atoms with Crippen LogP contribution in [0.1, 0.15) is 29.7 Å². The number of phosphoric ester groups is 3. The molecule has 0 amide bonds. The fraction of sp³-hybridized carbons (Fsp3) is 0.500. The maximum atomic E-state index is 12.4. The van der Waals surface area contributed by atoms with Crippen molar-refractivity contribution in [1.29, 1.82) is 0 Å². The topological polar surface area (TPSA) is 347 Å². The molecule has 5 heterocycles. The zero-order chi connectivity index (χ0) is 35.2. The van der Waals surface area contributed by atoms with Crippen molar-refractivity contribution in [3.63, 3.8) is 0 Å². The van der Waals surface area contributed by atoms with Crippen LogP contribution in [-0.4, -0.2) is 95.4 Å². The summed E-state index contributed by atoms with van der Waals surface area (Å²) in [4.78, 5) is 68.9. The maximum absolute atomic E-state index is 12.4. The van der Waals surface area contributed by atoms with Gasteiger partial charge >= 0.3 is 59.1 Å². The van der Waals surface area contributed by atoms with Gasteiger partial charge < -0.3 is 63.7 Å². The molecular formula is C22H27N6Na2O17P3. The summed E-state index contributed by atoms with van der Waals surface area (Å²) in [5.74, 6) is -0.369. The van der Waals surface area contributed by atoms with Gasteiger partial charge in [0.15, 0.2) is 42.0 Å². The molecule has 2 saturated heterocycles. The molecule has 50 heavy (non-hydrogen) atoms. The first-order valence-corrected chi connectivity index (χ1v) is 17.9. The van der Waals surface area contributed by atoms with E-state index in [1.165, 1.54) is 36.0 Å². The fourth-order valence-electron chi connectivity index (χ4n) is 4.90. The normalized spacial score (nSPS) is 30.1. The smallest absolute Gasteiger partial charge is 0.756 e. The third-order valence-corrected chi connectivity index (χ3v) is 10.1. The minimum Gasteiger partial charge on any atom is -0.756 e. The van der Waals surface area contributed by atoms with Crippen molar-refractivity contribution < 1.29 is 144 Å². The molecule has 0 spiro atoms. The molecule has 3 aromatic rings. The van der Waals surface area contributed by atoms with E-state index in [0.29, 0.717) is 0 Å². The number of pyridine rings is 1. The molecule has 2 fully saturated rings. The molecule has 6 N–H and O–H groups in total. The molecule has 5 rings (SSSR count). The number of aliphatic hydroxyl groups excluding tert-OH is 3. The van der Waals surface area contributed by atoms with E-state index in [0.717, 1.165) is 17.2 Å². The summed E-state index contributed by atoms with van der Waals surface area (Å²) in [7, 11) is -17.3. The summed E-state index contributed by atoms with van der Waals surface area (Å²) in [6, 6.07) is 2.95. The number of rotatable bonds is 13. The molecule has 11 atom stereocenters. The second-order valence-corrected chi connectivity index (χ2v) is 14.5. The van der Waals surface area contributed by atoms with E-state index >= 15 is 0 Å². The Kier molecular flexibility index (Phi) is 15.1. The van der Waals surface area contributed by atoms with Crippen molar-refractivity contribution in [2.24, 2.45) is 0 Å². The van der Waals surface area contributed by atoms with E-state index in [1.807, 2.05) is 0 Å². The number of aromatic nitrogens is 5. The van der Waals surface area contributed by atoms with Crippen molar-refractivity contribution >= 4 is 46.2 Å². The van der Waals surface area contributed by atoms with E-state index < -0.39 is 85.8 Å². The van der Waals surface area contributed by atoms with Crippen molar-refractivity contribution in [1.82, 2.24) is 19.5 Å². The molecule has 2 aliphatic rings. The number of fused-ring (bicyclic) bond motifs is 1. The zero-order valence-corrected chi connectivity index (χ0v) is 32.9. The molecule has 3 unspecified atom stereocenters. The number of hydrogen-bond acceptors (Lipinski definition) is 20. The van der Waals surface area contributed by atoms with Crippen LogP contribution >= 0.6 is 23.5 Å². The van der Waals surface area contributed by atoms with E-state index in [4.69, 9.17) is 15.2 Å². The number of nitrogens with two attached hydrogens (primary N) is 1. The number of ketones is 1. The van der Waals surface area contributed by atoms with Gasteiger partial charge in [-0.3, -0.25) is 23.1 Å². The summed E-state index contributed by atoms with van der Waals surface area (Å²) in [6.45, 7) is -0.970. The van der Waals surface area contributed by atoms with Crippen LogP contribution in [0, 0.1) is 0 Å². The van der Waals surface area contributed by atoms with Crippen molar-refractivity contribution in [3.8, 4) is 0 Å². The Hall–Kier alpha value is -0.660. The Labute approximate surface area is 325 Å². The quantitative estimate of drug-likeness (QED) is 0.0465. The van der Waals surface area contributed by atoms with E-state index in [1.54, 1.807) is 0 Å². The Morgan fingerprint density at radius 1 is 1.00 bits per heavy atom. The van der Waals surface area contributed by atoms with Gasteiger partial charge in [-0.2, -0.15) is 4.57 Å². The average molecular weight is 786 g/mol. The van der Waals surface area contributed by atoms with Gasteiger partial charge in [-0.05, 0) is 13.0 Å². The second kappa shape index (κ2) is 17.2. The van der Waals surface area contributed by atoms with E-state index in [2.05, 4.69) is 32.8 Å². The standard InChI is InChI=1S/C22H29N6O17P3.2Na/c1-10(29)11-3-2-4-27(5-11)21-16(31)15(30)12(42-21)6-40-47(36,37)45-48(38,39)41-7-13-18(44-46(33,34)35)17(32)22(43-13)28-9-26-14-19(23)24-8-25-20(14)28;;/h2-5,8-9,12-13,15-18,21-22,30-32H,6-7H2,1H3,(H5-,23,24,25,33,34,35,36,37,38,39);;/q;2*+1/p-2/t12-,13-,15-,16-,17-,18-,21-,22-;;/m1../s1. The number of imidazole rings is 1. The summed E-state index contributed by atoms with van der Waals surface area (Å²) in [5.41, 5.74) is 6.04. The molecule has 264 valence electrons. The molecule has 0 aromatic carbocycles. The van der Waals surface area contributed by atoms with Crippen LogP contribution in [0.2, 0.25) is 0 Å². The van der Waals surface area contributed by atoms with Crippen molar-refractivity contribution in [3.05, 3.63) is 42.7 Å². The number of phosphoric acid groups is 3. The van der Waals surface area contributed by atoms with Crippen LogP contribution in [0.3, 0.4) is 0 Å². The molecule has 0 saturated carbocycles. The van der Waals surface area contributed by atoms with Gasteiger partial charge in [-0.1, -0.05) is 0 Å². The molecule has 2 aliphatic heterocycles. The van der Waals surface area contributed by atoms with Gasteiger partial charge in [0.2, 0.25) is 0 Å². The van der Waals surface area contributed by atoms with Crippen molar-refractivity contribution in [2.45, 2.75) is 56.0 Å². The largest absolute Gasteiger partial charge is 1.00 e. The van der Waals surface area contributed by atoms with Crippen LogP contribution in [0.25, 0.3) is 11.2 Å². The van der Waals surface area contributed by atoms with Crippen molar-refractivity contribution in [2.75, 3.05) is 18.9 Å². The Balaban J connectivity index is 0.00000338. The molecule has 0 radical (unpaired) electrons. The number of nitrogen functional groups attached to an aromatic ring is 1. The molecule has 23 nitrogen and oxygen atoms in total. The first kappa shape index (κ1) is 43.7. The Morgan fingerprint density at radius 2 is 1.64 bits per heavy atom. The number of hydrogen-bond donors (Lipinski definition) is 5. The summed E-state index contributed by atoms with van der Waals surface area (Å²) in [5, 5.41) is 31.6. The van der Waals surface area contributed by atoms with Crippen LogP contribution in [0.15, 0.2) is 37.2 Å². The first-order valence-electron chi connectivity index (χ1n) is 13.5. The fourth-order valence-corrected chi connectivity index (χ4v) is 7.48. The Morgan fingerprint density at radius 3 is 2.26 bits per heavy atom. The van der Waals surface area contributed by atoms with Crippen LogP contribution in [0.5, 0.6) is 0 Å². The predicted octanol–water partition coefficient (Wildman–Crippen LogP) is -9.68. The molecule has 0 bridgehead atoms. The van der Waals surface area contributed by atoms with Gasteiger partial charge in [0.1, 0.15) is 42.4 Å². The number of nitrogens with zero attached hydrogens (tertiary/aromatic N) is 5. The number of ether oxygens (including phenoxy) is 2. The number of anilines is 1.